The van der Waals surface area contributed by atoms with Crippen LogP contribution in [0.2, 0.25) is 0 Å². The van der Waals surface area contributed by atoms with Crippen molar-refractivity contribution in [3.8, 4) is 0 Å². The van der Waals surface area contributed by atoms with Crippen LogP contribution >= 0.6 is 0 Å². The van der Waals surface area contributed by atoms with E-state index in [1.54, 1.807) is 0 Å². The van der Waals surface area contributed by atoms with Crippen molar-refractivity contribution in [2.24, 2.45) is 5.92 Å². The molecule has 0 saturated heterocycles. The fourth-order valence-electron chi connectivity index (χ4n) is 3.70. The molecule has 1 aliphatic carbocycles. The molecule has 3 aromatic rings. The molecule has 132 valence electrons. The lowest BCUT2D eigenvalue weighted by Crippen LogP contribution is -2.33. The van der Waals surface area contributed by atoms with Gasteiger partial charge in [-0.1, -0.05) is 37.3 Å². The fourth-order valence-corrected chi connectivity index (χ4v) is 3.70. The van der Waals surface area contributed by atoms with E-state index in [0.29, 0.717) is 48.0 Å². The Morgan fingerprint density at radius 1 is 1.15 bits per heavy atom. The number of hydrogen-bond donors (Lipinski definition) is 1. The smallest absolute Gasteiger partial charge is 0.294 e. The van der Waals surface area contributed by atoms with E-state index in [1.807, 2.05) is 37.3 Å². The van der Waals surface area contributed by atoms with Crippen molar-refractivity contribution in [1.29, 1.82) is 0 Å². The van der Waals surface area contributed by atoms with Crippen LogP contribution < -0.4 is 11.2 Å². The zero-order valence-corrected chi connectivity index (χ0v) is 14.5. The van der Waals surface area contributed by atoms with E-state index < -0.39 is 11.2 Å². The van der Waals surface area contributed by atoms with E-state index >= 15 is 0 Å². The number of ketones is 1. The largest absolute Gasteiger partial charge is 0.330 e. The maximum Gasteiger partial charge on any atom is 0.330 e. The molecule has 0 saturated carbocycles. The molecule has 0 amide bonds. The monoisotopic (exact) mass is 349 g/mol. The molecule has 6 nitrogen and oxygen atoms in total. The lowest BCUT2D eigenvalue weighted by Gasteiger charge is -2.21. The predicted molar refractivity (Wildman–Crippen MR) is 98.6 cm³/mol. The van der Waals surface area contributed by atoms with E-state index in [2.05, 4.69) is 9.97 Å². The molecule has 1 N–H and O–H groups in total. The molecule has 0 fully saturated rings. The molecule has 2 aromatic heterocycles. The van der Waals surface area contributed by atoms with Gasteiger partial charge in [0.1, 0.15) is 5.65 Å². The van der Waals surface area contributed by atoms with E-state index in [1.165, 1.54) is 10.8 Å². The zero-order chi connectivity index (χ0) is 18.3. The lowest BCUT2D eigenvalue weighted by atomic mass is 9.84. The van der Waals surface area contributed by atoms with Crippen molar-refractivity contribution in [3.05, 3.63) is 74.1 Å². The third-order valence-electron chi connectivity index (χ3n) is 4.97. The number of rotatable bonds is 3. The number of Topliss-reactive ketones (excluding diaryl/α,β-unsaturated/α-hetero) is 1. The maximum absolute atomic E-state index is 12.5. The Kier molecular flexibility index (Phi) is 4.03. The summed E-state index contributed by atoms with van der Waals surface area (Å²) < 4.78 is 1.49. The number of hydrogen-bond acceptors (Lipinski definition) is 4. The number of benzene rings is 1. The van der Waals surface area contributed by atoms with Gasteiger partial charge < -0.3 is 0 Å². The Labute approximate surface area is 149 Å². The Morgan fingerprint density at radius 2 is 1.92 bits per heavy atom. The zero-order valence-electron chi connectivity index (χ0n) is 14.5. The van der Waals surface area contributed by atoms with Gasteiger partial charge in [-0.05, 0) is 29.9 Å². The normalized spacial score (nSPS) is 16.7. The van der Waals surface area contributed by atoms with Crippen molar-refractivity contribution >= 4 is 16.8 Å². The van der Waals surface area contributed by atoms with Crippen LogP contribution in [0.4, 0.5) is 0 Å². The average Bonchev–Trinajstić information content (AvgIpc) is 2.61. The van der Waals surface area contributed by atoms with Crippen molar-refractivity contribution < 1.29 is 4.79 Å². The quantitative estimate of drug-likeness (QED) is 0.785. The number of carbonyl (C=O) groups is 1. The summed E-state index contributed by atoms with van der Waals surface area (Å²) in [5, 5.41) is 0.370. The standard InChI is InChI=1S/C20H19N3O3/c1-12-9-14-15(16(24)10-12)11-21-18-17(14)19(25)22-20(26)23(18)8-7-13-5-3-2-4-6-13/h2-6,11-12H,7-10H2,1H3,(H,22,25,26). The minimum atomic E-state index is -0.471. The van der Waals surface area contributed by atoms with Crippen LogP contribution in [0.15, 0.2) is 46.1 Å². The highest BCUT2D eigenvalue weighted by Gasteiger charge is 2.26. The minimum Gasteiger partial charge on any atom is -0.294 e. The number of H-pyrrole nitrogens is 1. The number of nitrogens with zero attached hydrogens (tertiary/aromatic N) is 2. The van der Waals surface area contributed by atoms with Gasteiger partial charge in [0.2, 0.25) is 0 Å². The molecule has 2 heterocycles. The van der Waals surface area contributed by atoms with Crippen LogP contribution in [0.25, 0.3) is 11.0 Å². The average molecular weight is 349 g/mol. The molecule has 26 heavy (non-hydrogen) atoms. The molecular weight excluding hydrogens is 330 g/mol. The number of aryl methyl sites for hydroxylation is 2. The second kappa shape index (κ2) is 6.37. The number of fused-ring (bicyclic) bond motifs is 3. The highest BCUT2D eigenvalue weighted by atomic mass is 16.2. The minimum absolute atomic E-state index is 0.00888. The molecule has 0 spiro atoms. The SMILES string of the molecule is CC1CC(=O)c2cnc3c(c2C1)c(=O)[nH]c(=O)n3CCc1ccccc1. The third-order valence-corrected chi connectivity index (χ3v) is 4.97. The predicted octanol–water partition coefficient (Wildman–Crippen LogP) is 2.09. The molecule has 1 unspecified atom stereocenters. The third kappa shape index (κ3) is 2.77. The maximum atomic E-state index is 12.5. The first kappa shape index (κ1) is 16.4. The summed E-state index contributed by atoms with van der Waals surface area (Å²) >= 11 is 0. The van der Waals surface area contributed by atoms with Gasteiger partial charge in [0, 0.05) is 24.7 Å². The molecular formula is C20H19N3O3. The van der Waals surface area contributed by atoms with E-state index in [4.69, 9.17) is 0 Å². The highest BCUT2D eigenvalue weighted by Crippen LogP contribution is 2.28. The molecule has 4 rings (SSSR count). The molecule has 0 aliphatic heterocycles. The summed E-state index contributed by atoms with van der Waals surface area (Å²) in [7, 11) is 0. The summed E-state index contributed by atoms with van der Waals surface area (Å²) in [5.41, 5.74) is 1.74. The van der Waals surface area contributed by atoms with Crippen LogP contribution in [-0.2, 0) is 19.4 Å². The fraction of sp³-hybridized carbons (Fsp3) is 0.300. The number of aromatic amines is 1. The Bertz CT molecular complexity index is 1110. The van der Waals surface area contributed by atoms with Crippen LogP contribution in [0.3, 0.4) is 0 Å². The van der Waals surface area contributed by atoms with Gasteiger partial charge in [0.05, 0.1) is 5.39 Å². The summed E-state index contributed by atoms with van der Waals surface area (Å²) in [6.07, 6.45) is 3.27. The lowest BCUT2D eigenvalue weighted by molar-refractivity contribution is 0.0953. The number of pyridine rings is 1. The van der Waals surface area contributed by atoms with E-state index in [9.17, 15) is 14.4 Å². The topological polar surface area (TPSA) is 84.8 Å². The summed E-state index contributed by atoms with van der Waals surface area (Å²) in [5.74, 6) is 0.180. The summed E-state index contributed by atoms with van der Waals surface area (Å²) in [6, 6.07) is 9.83. The van der Waals surface area contributed by atoms with Crippen LogP contribution in [0.1, 0.15) is 34.8 Å². The Hall–Kier alpha value is -3.02. The summed E-state index contributed by atoms with van der Waals surface area (Å²) in [4.78, 5) is 43.9. The van der Waals surface area contributed by atoms with Crippen molar-refractivity contribution in [2.75, 3.05) is 0 Å². The number of carbonyl (C=O) groups excluding carboxylic acids is 1. The van der Waals surface area contributed by atoms with Crippen LogP contribution in [0, 0.1) is 5.92 Å². The van der Waals surface area contributed by atoms with Gasteiger partial charge in [-0.3, -0.25) is 19.1 Å². The molecule has 1 aromatic carbocycles. The molecule has 6 heteroatoms. The Morgan fingerprint density at radius 3 is 2.69 bits per heavy atom. The van der Waals surface area contributed by atoms with Gasteiger partial charge in [0.15, 0.2) is 5.78 Å². The molecule has 0 bridgehead atoms. The van der Waals surface area contributed by atoms with Crippen LogP contribution in [-0.4, -0.2) is 20.3 Å². The molecule has 1 atom stereocenters. The first-order valence-corrected chi connectivity index (χ1v) is 8.76. The van der Waals surface area contributed by atoms with E-state index in [0.717, 1.165) is 5.56 Å². The second-order valence-electron chi connectivity index (χ2n) is 6.93. The molecule has 1 aliphatic rings. The van der Waals surface area contributed by atoms with Gasteiger partial charge in [-0.2, -0.15) is 0 Å². The van der Waals surface area contributed by atoms with Gasteiger partial charge in [-0.15, -0.1) is 0 Å². The first-order valence-electron chi connectivity index (χ1n) is 8.76. The van der Waals surface area contributed by atoms with Crippen molar-refractivity contribution in [3.63, 3.8) is 0 Å². The van der Waals surface area contributed by atoms with E-state index in [-0.39, 0.29) is 11.7 Å². The molecule has 0 radical (unpaired) electrons. The van der Waals surface area contributed by atoms with Crippen molar-refractivity contribution in [2.45, 2.75) is 32.7 Å². The number of nitrogens with one attached hydrogen (secondary N) is 1. The van der Waals surface area contributed by atoms with Crippen LogP contribution in [0.5, 0.6) is 0 Å². The first-order chi connectivity index (χ1) is 12.5. The van der Waals surface area contributed by atoms with Gasteiger partial charge in [-0.25, -0.2) is 9.78 Å². The van der Waals surface area contributed by atoms with Gasteiger partial charge >= 0.3 is 5.69 Å². The number of aromatic nitrogens is 3. The summed E-state index contributed by atoms with van der Waals surface area (Å²) in [6.45, 7) is 2.40. The highest BCUT2D eigenvalue weighted by molar-refractivity contribution is 6.02. The van der Waals surface area contributed by atoms with Gasteiger partial charge in [0.25, 0.3) is 5.56 Å². The van der Waals surface area contributed by atoms with Crippen molar-refractivity contribution in [1.82, 2.24) is 14.5 Å². The Balaban J connectivity index is 1.87. The second-order valence-corrected chi connectivity index (χ2v) is 6.93.